The summed E-state index contributed by atoms with van der Waals surface area (Å²) in [4.78, 5) is 23.5. The summed E-state index contributed by atoms with van der Waals surface area (Å²) in [5.41, 5.74) is 2.70. The first-order valence-corrected chi connectivity index (χ1v) is 9.11. The Bertz CT molecular complexity index is 607. The molecule has 3 amide bonds. The number of rotatable bonds is 4. The predicted octanol–water partition coefficient (Wildman–Crippen LogP) is 3.91. The lowest BCUT2D eigenvalue weighted by atomic mass is 9.81. The van der Waals surface area contributed by atoms with Crippen molar-refractivity contribution >= 4 is 23.3 Å². The number of nitrogens with one attached hydrogen (secondary N) is 3. The van der Waals surface area contributed by atoms with Gasteiger partial charge in [0.15, 0.2) is 0 Å². The van der Waals surface area contributed by atoms with E-state index in [2.05, 4.69) is 22.9 Å². The zero-order valence-electron chi connectivity index (χ0n) is 14.4. The van der Waals surface area contributed by atoms with Gasteiger partial charge in [0.1, 0.15) is 0 Å². The summed E-state index contributed by atoms with van der Waals surface area (Å²) >= 11 is 0. The van der Waals surface area contributed by atoms with Crippen molar-refractivity contribution < 1.29 is 9.59 Å². The molecular weight excluding hydrogens is 302 g/mol. The fourth-order valence-corrected chi connectivity index (χ4v) is 3.72. The molecule has 0 unspecified atom stereocenters. The molecule has 0 saturated heterocycles. The molecule has 1 aliphatic carbocycles. The van der Waals surface area contributed by atoms with Gasteiger partial charge in [-0.3, -0.25) is 4.79 Å². The number of urea groups is 1. The molecular formula is C19H27N3O2. The Morgan fingerprint density at radius 1 is 1.17 bits per heavy atom. The summed E-state index contributed by atoms with van der Waals surface area (Å²) in [6.45, 7) is 3.02. The van der Waals surface area contributed by atoms with Crippen LogP contribution in [-0.2, 0) is 11.2 Å². The van der Waals surface area contributed by atoms with E-state index in [0.717, 1.165) is 35.8 Å². The maximum absolute atomic E-state index is 12.1. The molecule has 1 heterocycles. The number of aryl methyl sites for hydroxylation is 1. The average molecular weight is 329 g/mol. The van der Waals surface area contributed by atoms with E-state index < -0.39 is 0 Å². The smallest absolute Gasteiger partial charge is 0.319 e. The lowest BCUT2D eigenvalue weighted by Gasteiger charge is -2.27. The molecule has 0 radical (unpaired) electrons. The number of carbonyl (C=O) groups is 2. The molecule has 1 aliphatic heterocycles. The van der Waals surface area contributed by atoms with Crippen molar-refractivity contribution in [2.45, 2.75) is 51.9 Å². The predicted molar refractivity (Wildman–Crippen MR) is 96.2 cm³/mol. The van der Waals surface area contributed by atoms with Gasteiger partial charge >= 0.3 is 6.03 Å². The Labute approximate surface area is 143 Å². The molecule has 3 N–H and O–H groups in total. The summed E-state index contributed by atoms with van der Waals surface area (Å²) < 4.78 is 0. The van der Waals surface area contributed by atoms with Crippen LogP contribution in [0.3, 0.4) is 0 Å². The number of fused-ring (bicyclic) bond motifs is 1. The molecule has 2 aliphatic rings. The van der Waals surface area contributed by atoms with Gasteiger partial charge in [0, 0.05) is 24.3 Å². The highest BCUT2D eigenvalue weighted by atomic mass is 16.2. The SMILES string of the molecule is CCC1CCC(CNC(=O)Nc2ccc3c(c2)CCC(=O)N3)CC1. The van der Waals surface area contributed by atoms with Crippen molar-refractivity contribution in [1.82, 2.24) is 5.32 Å². The first-order chi connectivity index (χ1) is 11.6. The van der Waals surface area contributed by atoms with Crippen LogP contribution in [0.4, 0.5) is 16.2 Å². The zero-order chi connectivity index (χ0) is 16.9. The first kappa shape index (κ1) is 16.8. The highest BCUT2D eigenvalue weighted by Gasteiger charge is 2.20. The summed E-state index contributed by atoms with van der Waals surface area (Å²) in [7, 11) is 0. The molecule has 24 heavy (non-hydrogen) atoms. The quantitative estimate of drug-likeness (QED) is 0.784. The van der Waals surface area contributed by atoms with E-state index in [4.69, 9.17) is 0 Å². The van der Waals surface area contributed by atoms with Crippen LogP contribution >= 0.6 is 0 Å². The van der Waals surface area contributed by atoms with Gasteiger partial charge < -0.3 is 16.0 Å². The minimum absolute atomic E-state index is 0.0544. The molecule has 0 spiro atoms. The largest absolute Gasteiger partial charge is 0.338 e. The van der Waals surface area contributed by atoms with Gasteiger partial charge in [-0.1, -0.05) is 26.2 Å². The van der Waals surface area contributed by atoms with Crippen LogP contribution in [0, 0.1) is 11.8 Å². The number of hydrogen-bond donors (Lipinski definition) is 3. The lowest BCUT2D eigenvalue weighted by Crippen LogP contribution is -2.34. The number of benzene rings is 1. The molecule has 1 fully saturated rings. The van der Waals surface area contributed by atoms with Crippen molar-refractivity contribution in [3.8, 4) is 0 Å². The van der Waals surface area contributed by atoms with Crippen molar-refractivity contribution in [3.63, 3.8) is 0 Å². The summed E-state index contributed by atoms with van der Waals surface area (Å²) in [6.07, 6.45) is 7.53. The number of carbonyl (C=O) groups excluding carboxylic acids is 2. The third-order valence-corrected chi connectivity index (χ3v) is 5.35. The van der Waals surface area contributed by atoms with E-state index in [0.29, 0.717) is 12.3 Å². The van der Waals surface area contributed by atoms with E-state index in [1.807, 2.05) is 18.2 Å². The summed E-state index contributed by atoms with van der Waals surface area (Å²) in [6, 6.07) is 5.48. The van der Waals surface area contributed by atoms with E-state index >= 15 is 0 Å². The highest BCUT2D eigenvalue weighted by Crippen LogP contribution is 2.30. The normalized spacial score (nSPS) is 23.1. The Balaban J connectivity index is 1.46. The third-order valence-electron chi connectivity index (χ3n) is 5.35. The molecule has 5 heteroatoms. The van der Waals surface area contributed by atoms with Crippen LogP contribution in [-0.4, -0.2) is 18.5 Å². The van der Waals surface area contributed by atoms with Crippen LogP contribution in [0.25, 0.3) is 0 Å². The fraction of sp³-hybridized carbons (Fsp3) is 0.579. The second kappa shape index (κ2) is 7.69. The third kappa shape index (κ3) is 4.28. The van der Waals surface area contributed by atoms with Gasteiger partial charge in [-0.05, 0) is 54.9 Å². The highest BCUT2D eigenvalue weighted by molar-refractivity contribution is 5.95. The van der Waals surface area contributed by atoms with E-state index in [9.17, 15) is 9.59 Å². The average Bonchev–Trinajstić information content (AvgIpc) is 2.60. The lowest BCUT2D eigenvalue weighted by molar-refractivity contribution is -0.116. The van der Waals surface area contributed by atoms with Gasteiger partial charge in [-0.2, -0.15) is 0 Å². The monoisotopic (exact) mass is 329 g/mol. The number of amides is 3. The first-order valence-electron chi connectivity index (χ1n) is 9.11. The van der Waals surface area contributed by atoms with Crippen LogP contribution in [0.15, 0.2) is 18.2 Å². The van der Waals surface area contributed by atoms with Gasteiger partial charge in [0.2, 0.25) is 5.91 Å². The molecule has 0 aromatic heterocycles. The van der Waals surface area contributed by atoms with Gasteiger partial charge in [-0.15, -0.1) is 0 Å². The molecule has 1 saturated carbocycles. The molecule has 0 bridgehead atoms. The van der Waals surface area contributed by atoms with Crippen molar-refractivity contribution in [3.05, 3.63) is 23.8 Å². The maximum atomic E-state index is 12.1. The number of anilines is 2. The minimum Gasteiger partial charge on any atom is -0.338 e. The maximum Gasteiger partial charge on any atom is 0.319 e. The van der Waals surface area contributed by atoms with Crippen LogP contribution in [0.1, 0.15) is 51.0 Å². The second-order valence-corrected chi connectivity index (χ2v) is 7.05. The minimum atomic E-state index is -0.146. The number of hydrogen-bond acceptors (Lipinski definition) is 2. The topological polar surface area (TPSA) is 70.2 Å². The molecule has 1 aromatic carbocycles. The fourth-order valence-electron chi connectivity index (χ4n) is 3.72. The molecule has 1 aromatic rings. The molecule has 5 nitrogen and oxygen atoms in total. The standard InChI is InChI=1S/C19H27N3O2/c1-2-13-3-5-14(6-4-13)12-20-19(24)21-16-8-9-17-15(11-16)7-10-18(23)22-17/h8-9,11,13-14H,2-7,10,12H2,1H3,(H,22,23)(H2,20,21,24). The van der Waals surface area contributed by atoms with E-state index in [1.165, 1.54) is 32.1 Å². The van der Waals surface area contributed by atoms with Crippen LogP contribution in [0.2, 0.25) is 0 Å². The summed E-state index contributed by atoms with van der Waals surface area (Å²) in [5, 5.41) is 8.75. The second-order valence-electron chi connectivity index (χ2n) is 7.05. The molecule has 3 rings (SSSR count). The van der Waals surface area contributed by atoms with Gasteiger partial charge in [0.05, 0.1) is 0 Å². The zero-order valence-corrected chi connectivity index (χ0v) is 14.4. The van der Waals surface area contributed by atoms with Crippen LogP contribution in [0.5, 0.6) is 0 Å². The van der Waals surface area contributed by atoms with Crippen molar-refractivity contribution in [2.24, 2.45) is 11.8 Å². The van der Waals surface area contributed by atoms with E-state index in [1.54, 1.807) is 0 Å². The van der Waals surface area contributed by atoms with Crippen molar-refractivity contribution in [1.29, 1.82) is 0 Å². The Kier molecular flexibility index (Phi) is 5.38. The van der Waals surface area contributed by atoms with E-state index in [-0.39, 0.29) is 11.9 Å². The molecule has 0 atom stereocenters. The van der Waals surface area contributed by atoms with Crippen molar-refractivity contribution in [2.75, 3.05) is 17.2 Å². The summed E-state index contributed by atoms with van der Waals surface area (Å²) in [5.74, 6) is 1.54. The Morgan fingerprint density at radius 3 is 2.67 bits per heavy atom. The Morgan fingerprint density at radius 2 is 1.92 bits per heavy atom. The van der Waals surface area contributed by atoms with Crippen LogP contribution < -0.4 is 16.0 Å². The Hall–Kier alpha value is -2.04. The van der Waals surface area contributed by atoms with Gasteiger partial charge in [-0.25, -0.2) is 4.79 Å². The van der Waals surface area contributed by atoms with Gasteiger partial charge in [0.25, 0.3) is 0 Å². The molecule has 130 valence electrons.